The molecule has 1 aromatic carbocycles. The number of oxazole rings is 1. The monoisotopic (exact) mass is 383 g/mol. The number of halogens is 1. The van der Waals surface area contributed by atoms with Gasteiger partial charge in [-0.25, -0.2) is 14.4 Å². The lowest BCUT2D eigenvalue weighted by Gasteiger charge is -2.19. The molecule has 0 fully saturated rings. The van der Waals surface area contributed by atoms with Gasteiger partial charge in [-0.15, -0.1) is 0 Å². The fourth-order valence-corrected chi connectivity index (χ4v) is 2.88. The van der Waals surface area contributed by atoms with E-state index in [2.05, 4.69) is 20.3 Å². The van der Waals surface area contributed by atoms with Gasteiger partial charge in [-0.05, 0) is 37.3 Å². The van der Waals surface area contributed by atoms with E-state index in [1.54, 1.807) is 41.9 Å². The molecule has 0 amide bonds. The lowest BCUT2D eigenvalue weighted by molar-refractivity contribution is 0.132. The molecule has 4 rings (SSSR count). The Balaban J connectivity index is 1.80. The standard InChI is InChI=1S/C19H18FN5O3/c1-11(27)15(10-26)23-18-21-7-6-14(22-18)17-16(12-2-4-13(20)5-3-12)24-19-25(17)8-9-28-19/h2-9,11,15,26-27H,10H2,1H3,(H,21,22,23)/t11-,15-/m1/s1. The van der Waals surface area contributed by atoms with Crippen LogP contribution in [0.3, 0.4) is 0 Å². The molecular formula is C19H18FN5O3. The van der Waals surface area contributed by atoms with Gasteiger partial charge in [0.25, 0.3) is 0 Å². The van der Waals surface area contributed by atoms with Gasteiger partial charge in [0.05, 0.1) is 24.4 Å². The summed E-state index contributed by atoms with van der Waals surface area (Å²) < 4.78 is 20.5. The molecule has 28 heavy (non-hydrogen) atoms. The van der Waals surface area contributed by atoms with E-state index < -0.39 is 12.1 Å². The van der Waals surface area contributed by atoms with Gasteiger partial charge >= 0.3 is 5.84 Å². The number of aliphatic hydroxyl groups excluding tert-OH is 2. The Hall–Kier alpha value is -3.30. The molecule has 3 heterocycles. The van der Waals surface area contributed by atoms with Crippen molar-refractivity contribution in [3.05, 3.63) is 54.8 Å². The van der Waals surface area contributed by atoms with Crippen LogP contribution >= 0.6 is 0 Å². The first-order valence-electron chi connectivity index (χ1n) is 8.67. The fourth-order valence-electron chi connectivity index (χ4n) is 2.88. The van der Waals surface area contributed by atoms with Crippen LogP contribution in [0.15, 0.2) is 53.4 Å². The highest BCUT2D eigenvalue weighted by Crippen LogP contribution is 2.32. The Morgan fingerprint density at radius 1 is 1.21 bits per heavy atom. The van der Waals surface area contributed by atoms with Gasteiger partial charge in [0, 0.05) is 18.0 Å². The summed E-state index contributed by atoms with van der Waals surface area (Å²) in [6.45, 7) is 1.29. The number of aromatic nitrogens is 4. The summed E-state index contributed by atoms with van der Waals surface area (Å²) >= 11 is 0. The number of fused-ring (bicyclic) bond motifs is 1. The molecule has 144 valence electrons. The zero-order valence-corrected chi connectivity index (χ0v) is 15.0. The van der Waals surface area contributed by atoms with Gasteiger partial charge in [0.15, 0.2) is 0 Å². The summed E-state index contributed by atoms with van der Waals surface area (Å²) in [6, 6.07) is 7.10. The molecule has 0 aliphatic heterocycles. The predicted octanol–water partition coefficient (Wildman–Crippen LogP) is 2.34. The van der Waals surface area contributed by atoms with Gasteiger partial charge in [0.2, 0.25) is 5.95 Å². The number of imidazole rings is 1. The van der Waals surface area contributed by atoms with Crippen molar-refractivity contribution in [2.75, 3.05) is 11.9 Å². The third-order valence-corrected chi connectivity index (χ3v) is 4.37. The molecule has 9 heteroatoms. The second-order valence-corrected chi connectivity index (χ2v) is 6.31. The van der Waals surface area contributed by atoms with Crippen LogP contribution in [0.2, 0.25) is 0 Å². The quantitative estimate of drug-likeness (QED) is 0.469. The van der Waals surface area contributed by atoms with E-state index in [1.807, 2.05) is 0 Å². The molecule has 0 aliphatic rings. The molecule has 0 unspecified atom stereocenters. The van der Waals surface area contributed by atoms with Crippen LogP contribution in [0, 0.1) is 5.82 Å². The molecular weight excluding hydrogens is 365 g/mol. The van der Waals surface area contributed by atoms with Gasteiger partial charge in [-0.2, -0.15) is 4.98 Å². The van der Waals surface area contributed by atoms with E-state index in [1.165, 1.54) is 18.4 Å². The highest BCUT2D eigenvalue weighted by atomic mass is 19.1. The predicted molar refractivity (Wildman–Crippen MR) is 100 cm³/mol. The largest absolute Gasteiger partial charge is 0.432 e. The maximum Gasteiger partial charge on any atom is 0.306 e. The highest BCUT2D eigenvalue weighted by Gasteiger charge is 2.20. The molecule has 0 aliphatic carbocycles. The summed E-state index contributed by atoms with van der Waals surface area (Å²) in [5, 5.41) is 22.0. The number of benzene rings is 1. The van der Waals surface area contributed by atoms with Crippen molar-refractivity contribution in [3.8, 4) is 22.6 Å². The number of hydrogen-bond donors (Lipinski definition) is 3. The van der Waals surface area contributed by atoms with E-state index in [0.717, 1.165) is 0 Å². The van der Waals surface area contributed by atoms with Crippen LogP contribution in [-0.4, -0.2) is 48.3 Å². The summed E-state index contributed by atoms with van der Waals surface area (Å²) in [6.07, 6.45) is 4.00. The number of rotatable bonds is 6. The Morgan fingerprint density at radius 3 is 2.71 bits per heavy atom. The van der Waals surface area contributed by atoms with E-state index in [0.29, 0.717) is 28.5 Å². The van der Waals surface area contributed by atoms with Gasteiger partial charge in [-0.3, -0.25) is 4.40 Å². The fraction of sp³-hybridized carbons (Fsp3) is 0.211. The third kappa shape index (κ3) is 3.32. The van der Waals surface area contributed by atoms with E-state index >= 15 is 0 Å². The first kappa shape index (κ1) is 18.1. The first-order valence-corrected chi connectivity index (χ1v) is 8.67. The normalized spacial score (nSPS) is 13.6. The second-order valence-electron chi connectivity index (χ2n) is 6.31. The number of hydrogen-bond acceptors (Lipinski definition) is 7. The minimum Gasteiger partial charge on any atom is -0.432 e. The maximum absolute atomic E-state index is 13.3. The lowest BCUT2D eigenvalue weighted by atomic mass is 10.1. The van der Waals surface area contributed by atoms with E-state index in [4.69, 9.17) is 4.42 Å². The van der Waals surface area contributed by atoms with E-state index in [9.17, 15) is 14.6 Å². The van der Waals surface area contributed by atoms with Gasteiger partial charge in [-0.1, -0.05) is 0 Å². The minimum absolute atomic E-state index is 0.251. The van der Waals surface area contributed by atoms with Gasteiger partial charge in [0.1, 0.15) is 23.5 Å². The van der Waals surface area contributed by atoms with Crippen molar-refractivity contribution in [1.82, 2.24) is 19.4 Å². The lowest BCUT2D eigenvalue weighted by Crippen LogP contribution is -2.35. The average Bonchev–Trinajstić information content (AvgIpc) is 3.27. The molecule has 8 nitrogen and oxygen atoms in total. The van der Waals surface area contributed by atoms with Gasteiger partial charge < -0.3 is 19.9 Å². The molecule has 0 saturated carbocycles. The van der Waals surface area contributed by atoms with Crippen molar-refractivity contribution in [2.45, 2.75) is 19.1 Å². The summed E-state index contributed by atoms with van der Waals surface area (Å²) in [5.74, 6) is 0.287. The molecule has 4 aromatic rings. The Labute approximate surface area is 159 Å². The van der Waals surface area contributed by atoms with Crippen LogP contribution in [0.25, 0.3) is 28.5 Å². The molecule has 0 bridgehead atoms. The SMILES string of the molecule is C[C@@H](O)[C@@H](CO)Nc1nccc(-c2c(-c3ccc(F)cc3)nc3occn23)n1. The molecule has 0 saturated heterocycles. The van der Waals surface area contributed by atoms with Crippen molar-refractivity contribution >= 4 is 11.8 Å². The topological polar surface area (TPSA) is 109 Å². The van der Waals surface area contributed by atoms with Crippen molar-refractivity contribution in [1.29, 1.82) is 0 Å². The molecule has 0 spiro atoms. The first-order chi connectivity index (χ1) is 13.6. The van der Waals surface area contributed by atoms with Crippen LogP contribution in [-0.2, 0) is 0 Å². The number of nitrogens with zero attached hydrogens (tertiary/aromatic N) is 4. The Kier molecular flexibility index (Phi) is 4.76. The molecule has 0 radical (unpaired) electrons. The summed E-state index contributed by atoms with van der Waals surface area (Å²) in [7, 11) is 0. The minimum atomic E-state index is -0.789. The van der Waals surface area contributed by atoms with Crippen molar-refractivity contribution in [3.63, 3.8) is 0 Å². The van der Waals surface area contributed by atoms with Crippen molar-refractivity contribution < 1.29 is 19.0 Å². The van der Waals surface area contributed by atoms with Crippen LogP contribution in [0.4, 0.5) is 10.3 Å². The highest BCUT2D eigenvalue weighted by molar-refractivity contribution is 5.79. The van der Waals surface area contributed by atoms with Crippen LogP contribution in [0.1, 0.15) is 6.92 Å². The zero-order valence-electron chi connectivity index (χ0n) is 15.0. The molecule has 3 N–H and O–H groups in total. The smallest absolute Gasteiger partial charge is 0.306 e. The average molecular weight is 383 g/mol. The Morgan fingerprint density at radius 2 is 2.00 bits per heavy atom. The summed E-state index contributed by atoms with van der Waals surface area (Å²) in [5.41, 5.74) is 2.49. The number of nitrogens with one attached hydrogen (secondary N) is 1. The van der Waals surface area contributed by atoms with E-state index in [-0.39, 0.29) is 18.4 Å². The third-order valence-electron chi connectivity index (χ3n) is 4.37. The van der Waals surface area contributed by atoms with Crippen molar-refractivity contribution in [2.24, 2.45) is 0 Å². The van der Waals surface area contributed by atoms with Crippen LogP contribution < -0.4 is 5.32 Å². The number of aliphatic hydroxyl groups is 2. The van der Waals surface area contributed by atoms with Crippen LogP contribution in [0.5, 0.6) is 0 Å². The zero-order chi connectivity index (χ0) is 19.7. The second kappa shape index (κ2) is 7.37. The molecule has 2 atom stereocenters. The molecule has 3 aromatic heterocycles. The number of anilines is 1. The Bertz CT molecular complexity index is 1090. The maximum atomic E-state index is 13.3. The summed E-state index contributed by atoms with van der Waals surface area (Å²) in [4.78, 5) is 13.1.